The summed E-state index contributed by atoms with van der Waals surface area (Å²) in [5.74, 6) is -0.980. The number of nitriles is 2. The van der Waals surface area contributed by atoms with E-state index in [1.165, 1.54) is 31.4 Å². The van der Waals surface area contributed by atoms with Crippen LogP contribution in [0.2, 0.25) is 0 Å². The average Bonchev–Trinajstić information content (AvgIpc) is 2.89. The number of methoxy groups -OCH3 is 1. The Labute approximate surface area is 136 Å². The summed E-state index contributed by atoms with van der Waals surface area (Å²) in [5, 5.41) is 20.9. The molecule has 0 aliphatic carbocycles. The third-order valence-corrected chi connectivity index (χ3v) is 4.32. The van der Waals surface area contributed by atoms with Crippen molar-refractivity contribution < 1.29 is 14.3 Å². The van der Waals surface area contributed by atoms with E-state index in [2.05, 4.69) is 10.1 Å². The van der Waals surface area contributed by atoms with Gasteiger partial charge in [-0.3, -0.25) is 4.79 Å². The highest BCUT2D eigenvalue weighted by Crippen LogP contribution is 2.33. The number of nitrogens with zero attached hydrogens (tertiary/aromatic N) is 2. The lowest BCUT2D eigenvalue weighted by Crippen LogP contribution is -2.11. The molecule has 23 heavy (non-hydrogen) atoms. The molecule has 0 radical (unpaired) electrons. The van der Waals surface area contributed by atoms with Crippen molar-refractivity contribution in [2.24, 2.45) is 0 Å². The predicted molar refractivity (Wildman–Crippen MR) is 84.2 cm³/mol. The molecule has 7 heteroatoms. The third kappa shape index (κ3) is 3.20. The smallest absolute Gasteiger partial charge is 0.348 e. The topological polar surface area (TPSA) is 103 Å². The molecule has 0 aliphatic rings. The summed E-state index contributed by atoms with van der Waals surface area (Å²) in [7, 11) is 1.25. The summed E-state index contributed by atoms with van der Waals surface area (Å²) < 4.78 is 4.66. The van der Waals surface area contributed by atoms with Gasteiger partial charge in [0.25, 0.3) is 5.91 Å². The zero-order valence-electron chi connectivity index (χ0n) is 12.3. The number of benzene rings is 1. The Morgan fingerprint density at radius 2 is 1.83 bits per heavy atom. The van der Waals surface area contributed by atoms with Gasteiger partial charge in [-0.1, -0.05) is 0 Å². The van der Waals surface area contributed by atoms with Crippen molar-refractivity contribution in [1.82, 2.24) is 0 Å². The standard InChI is InChI=1S/C16H11N3O3S/c1-9-12(8-18)15(23-13(9)16(21)22-2)19-14(20)11-5-3-10(7-17)4-6-11/h3-6H,1-2H3,(H,19,20). The molecule has 0 fully saturated rings. The molecule has 2 rings (SSSR count). The number of amides is 1. The number of hydrogen-bond donors (Lipinski definition) is 1. The van der Waals surface area contributed by atoms with Crippen molar-refractivity contribution in [1.29, 1.82) is 10.5 Å². The van der Waals surface area contributed by atoms with E-state index in [0.717, 1.165) is 11.3 Å². The summed E-state index contributed by atoms with van der Waals surface area (Å²) in [6, 6.07) is 10.0. The molecule has 6 nitrogen and oxygen atoms in total. The molecule has 0 aliphatic heterocycles. The van der Waals surface area contributed by atoms with Crippen LogP contribution in [0.1, 0.15) is 36.7 Å². The van der Waals surface area contributed by atoms with Crippen molar-refractivity contribution in [3.63, 3.8) is 0 Å². The molecule has 2 aromatic rings. The Morgan fingerprint density at radius 1 is 1.17 bits per heavy atom. The number of hydrogen-bond acceptors (Lipinski definition) is 6. The van der Waals surface area contributed by atoms with Crippen LogP contribution >= 0.6 is 11.3 Å². The van der Waals surface area contributed by atoms with Gasteiger partial charge < -0.3 is 10.1 Å². The molecule has 1 aromatic carbocycles. The number of anilines is 1. The van der Waals surface area contributed by atoms with Crippen LogP contribution in [0.5, 0.6) is 0 Å². The zero-order chi connectivity index (χ0) is 17.0. The van der Waals surface area contributed by atoms with Gasteiger partial charge in [0.05, 0.1) is 24.3 Å². The molecule has 0 atom stereocenters. The molecule has 1 aromatic heterocycles. The van der Waals surface area contributed by atoms with Crippen LogP contribution < -0.4 is 5.32 Å². The highest BCUT2D eigenvalue weighted by Gasteiger charge is 2.22. The second kappa shape index (κ2) is 6.73. The fourth-order valence-corrected chi connectivity index (χ4v) is 2.97. The molecule has 1 N–H and O–H groups in total. The third-order valence-electron chi connectivity index (χ3n) is 3.13. The minimum atomic E-state index is -0.553. The van der Waals surface area contributed by atoms with Crippen molar-refractivity contribution in [3.05, 3.63) is 51.4 Å². The molecule has 0 saturated carbocycles. The SMILES string of the molecule is COC(=O)c1sc(NC(=O)c2ccc(C#N)cc2)c(C#N)c1C. The van der Waals surface area contributed by atoms with E-state index in [0.29, 0.717) is 21.7 Å². The van der Waals surface area contributed by atoms with Crippen molar-refractivity contribution in [2.75, 3.05) is 12.4 Å². The molecular weight excluding hydrogens is 314 g/mol. The summed E-state index contributed by atoms with van der Waals surface area (Å²) in [4.78, 5) is 24.2. The Morgan fingerprint density at radius 3 is 2.35 bits per heavy atom. The first-order valence-electron chi connectivity index (χ1n) is 6.45. The molecular formula is C16H11N3O3S. The summed E-state index contributed by atoms with van der Waals surface area (Å²) >= 11 is 0.993. The molecule has 114 valence electrons. The van der Waals surface area contributed by atoms with Crippen molar-refractivity contribution in [3.8, 4) is 12.1 Å². The van der Waals surface area contributed by atoms with Gasteiger partial charge in [0, 0.05) is 5.56 Å². The number of thiophene rings is 1. The second-order valence-electron chi connectivity index (χ2n) is 4.51. The number of carbonyl (C=O) groups excluding carboxylic acids is 2. The van der Waals surface area contributed by atoms with Gasteiger partial charge in [-0.05, 0) is 36.8 Å². The van der Waals surface area contributed by atoms with Crippen LogP contribution in [0, 0.1) is 29.6 Å². The van der Waals surface area contributed by atoms with Gasteiger partial charge in [0.1, 0.15) is 15.9 Å². The maximum absolute atomic E-state index is 12.2. The minimum Gasteiger partial charge on any atom is -0.465 e. The van der Waals surface area contributed by atoms with Gasteiger partial charge in [-0.15, -0.1) is 11.3 Å². The number of carbonyl (C=O) groups is 2. The van der Waals surface area contributed by atoms with Crippen LogP contribution in [0.25, 0.3) is 0 Å². The molecule has 1 amide bonds. The first kappa shape index (κ1) is 16.2. The van der Waals surface area contributed by atoms with E-state index in [4.69, 9.17) is 5.26 Å². The second-order valence-corrected chi connectivity index (χ2v) is 5.53. The lowest BCUT2D eigenvalue weighted by molar-refractivity contribution is 0.0605. The van der Waals surface area contributed by atoms with Crippen molar-refractivity contribution >= 4 is 28.2 Å². The lowest BCUT2D eigenvalue weighted by atomic mass is 10.1. The Balaban J connectivity index is 2.32. The van der Waals surface area contributed by atoms with E-state index in [1.807, 2.05) is 12.1 Å². The maximum atomic E-state index is 12.2. The molecule has 0 spiro atoms. The Kier molecular flexibility index (Phi) is 4.75. The maximum Gasteiger partial charge on any atom is 0.348 e. The van der Waals surface area contributed by atoms with Crippen molar-refractivity contribution in [2.45, 2.75) is 6.92 Å². The van der Waals surface area contributed by atoms with Crippen LogP contribution in [0.15, 0.2) is 24.3 Å². The Hall–Kier alpha value is -3.16. The molecule has 0 bridgehead atoms. The average molecular weight is 325 g/mol. The van der Waals surface area contributed by atoms with E-state index in [1.54, 1.807) is 6.92 Å². The zero-order valence-corrected chi connectivity index (χ0v) is 13.2. The Bertz CT molecular complexity index is 854. The van der Waals surface area contributed by atoms with Gasteiger partial charge in [0.15, 0.2) is 0 Å². The van der Waals surface area contributed by atoms with E-state index in [9.17, 15) is 14.9 Å². The van der Waals surface area contributed by atoms with Gasteiger partial charge in [-0.25, -0.2) is 4.79 Å². The van der Waals surface area contributed by atoms with Gasteiger partial charge in [0.2, 0.25) is 0 Å². The molecule has 0 saturated heterocycles. The minimum absolute atomic E-state index is 0.234. The van der Waals surface area contributed by atoms with Crippen LogP contribution in [0.4, 0.5) is 5.00 Å². The van der Waals surface area contributed by atoms with Crippen LogP contribution in [-0.2, 0) is 4.74 Å². The first-order chi connectivity index (χ1) is 11.0. The fourth-order valence-electron chi connectivity index (χ4n) is 1.89. The summed E-state index contributed by atoms with van der Waals surface area (Å²) in [6.45, 7) is 1.62. The monoisotopic (exact) mass is 325 g/mol. The molecule has 1 heterocycles. The number of esters is 1. The normalized spacial score (nSPS) is 9.57. The van der Waals surface area contributed by atoms with Gasteiger partial charge >= 0.3 is 5.97 Å². The highest BCUT2D eigenvalue weighted by molar-refractivity contribution is 7.18. The van der Waals surface area contributed by atoms with E-state index < -0.39 is 11.9 Å². The largest absolute Gasteiger partial charge is 0.465 e. The summed E-state index contributed by atoms with van der Waals surface area (Å²) in [5.41, 5.74) is 1.50. The quantitative estimate of drug-likeness (QED) is 0.874. The number of ether oxygens (including phenoxy) is 1. The highest BCUT2D eigenvalue weighted by atomic mass is 32.1. The number of nitrogens with one attached hydrogen (secondary N) is 1. The fraction of sp³-hybridized carbons (Fsp3) is 0.125. The van der Waals surface area contributed by atoms with E-state index in [-0.39, 0.29) is 10.4 Å². The first-order valence-corrected chi connectivity index (χ1v) is 7.26. The number of rotatable bonds is 3. The van der Waals surface area contributed by atoms with Crippen LogP contribution in [0.3, 0.4) is 0 Å². The van der Waals surface area contributed by atoms with Crippen LogP contribution in [-0.4, -0.2) is 19.0 Å². The predicted octanol–water partition coefficient (Wildman–Crippen LogP) is 2.84. The van der Waals surface area contributed by atoms with Gasteiger partial charge in [-0.2, -0.15) is 10.5 Å². The lowest BCUT2D eigenvalue weighted by Gasteiger charge is -2.03. The molecule has 0 unspecified atom stereocenters. The van der Waals surface area contributed by atoms with E-state index >= 15 is 0 Å². The summed E-state index contributed by atoms with van der Waals surface area (Å²) in [6.07, 6.45) is 0.